The van der Waals surface area contributed by atoms with Crippen LogP contribution >= 0.6 is 22.9 Å². The van der Waals surface area contributed by atoms with Gasteiger partial charge in [0.1, 0.15) is 0 Å². The predicted octanol–water partition coefficient (Wildman–Crippen LogP) is 3.69. The standard InChI is InChI=1S/C24H30ClN3O4S/c1-3-18(29)5-7-19(15-8-10-32-11-9-15)28-24(31)16(12-22(30)26-2)13-23-27-20-6-4-17(25)14-21(20)33-23/h3-4,6,14-16,19H,1,5,7-13H2,2H3,(H,26,30)(H,28,31)/t16-,19+/m0/s1. The number of nitrogens with zero attached hydrogens (tertiary/aromatic N) is 1. The van der Waals surface area contributed by atoms with E-state index >= 15 is 0 Å². The molecule has 0 saturated carbocycles. The third-order valence-electron chi connectivity index (χ3n) is 5.99. The van der Waals surface area contributed by atoms with Gasteiger partial charge in [0.25, 0.3) is 0 Å². The minimum absolute atomic E-state index is 0.0450. The summed E-state index contributed by atoms with van der Waals surface area (Å²) in [4.78, 5) is 42.0. The summed E-state index contributed by atoms with van der Waals surface area (Å²) < 4.78 is 6.41. The van der Waals surface area contributed by atoms with Gasteiger partial charge < -0.3 is 15.4 Å². The number of nitrogens with one attached hydrogen (secondary N) is 2. The van der Waals surface area contributed by atoms with Crippen LogP contribution in [0.2, 0.25) is 5.02 Å². The smallest absolute Gasteiger partial charge is 0.224 e. The summed E-state index contributed by atoms with van der Waals surface area (Å²) in [6, 6.07) is 5.32. The second-order valence-corrected chi connectivity index (χ2v) is 9.82. The van der Waals surface area contributed by atoms with E-state index in [2.05, 4.69) is 22.2 Å². The molecule has 0 spiro atoms. The van der Waals surface area contributed by atoms with Crippen molar-refractivity contribution in [3.63, 3.8) is 0 Å². The van der Waals surface area contributed by atoms with Gasteiger partial charge in [0.2, 0.25) is 11.8 Å². The number of thiazole rings is 1. The van der Waals surface area contributed by atoms with E-state index in [-0.39, 0.29) is 36.0 Å². The second-order valence-electron chi connectivity index (χ2n) is 8.27. The average Bonchev–Trinajstić information content (AvgIpc) is 3.22. The van der Waals surface area contributed by atoms with Crippen LogP contribution in [0, 0.1) is 11.8 Å². The van der Waals surface area contributed by atoms with Gasteiger partial charge in [-0.1, -0.05) is 18.2 Å². The van der Waals surface area contributed by atoms with Gasteiger partial charge in [0.05, 0.1) is 21.1 Å². The third kappa shape index (κ3) is 7.35. The zero-order valence-corrected chi connectivity index (χ0v) is 20.3. The first-order chi connectivity index (χ1) is 15.9. The van der Waals surface area contributed by atoms with Gasteiger partial charge in [-0.3, -0.25) is 14.4 Å². The van der Waals surface area contributed by atoms with Crippen LogP contribution in [0.3, 0.4) is 0 Å². The van der Waals surface area contributed by atoms with Crippen LogP contribution in [0.25, 0.3) is 10.2 Å². The third-order valence-corrected chi connectivity index (χ3v) is 7.26. The summed E-state index contributed by atoms with van der Waals surface area (Å²) >= 11 is 7.56. The molecule has 2 aromatic rings. The first-order valence-corrected chi connectivity index (χ1v) is 12.4. The Labute approximate surface area is 202 Å². The van der Waals surface area contributed by atoms with Gasteiger partial charge in [-0.2, -0.15) is 0 Å². The number of fused-ring (bicyclic) bond motifs is 1. The number of ketones is 1. The van der Waals surface area contributed by atoms with Crippen molar-refractivity contribution in [3.05, 3.63) is 40.9 Å². The molecule has 178 valence electrons. The normalized spacial score (nSPS) is 16.2. The second kappa shape index (κ2) is 12.3. The number of rotatable bonds is 11. The SMILES string of the molecule is C=CC(=O)CC[C@@H](NC(=O)[C@@H](CC(=O)NC)Cc1nc2ccc(Cl)cc2s1)C1CCOCC1. The number of benzene rings is 1. The molecule has 0 radical (unpaired) electrons. The molecule has 2 atom stereocenters. The molecule has 1 aliphatic rings. The molecule has 1 fully saturated rings. The molecule has 0 unspecified atom stereocenters. The molecular formula is C24H30ClN3O4S. The highest BCUT2D eigenvalue weighted by molar-refractivity contribution is 7.18. The number of allylic oxidation sites excluding steroid dienone is 1. The number of carbonyl (C=O) groups is 3. The molecule has 1 saturated heterocycles. The highest BCUT2D eigenvalue weighted by Gasteiger charge is 2.30. The maximum Gasteiger partial charge on any atom is 0.224 e. The quantitative estimate of drug-likeness (QED) is 0.467. The van der Waals surface area contributed by atoms with Crippen LogP contribution in [0.5, 0.6) is 0 Å². The molecule has 7 nitrogen and oxygen atoms in total. The molecule has 2 heterocycles. The van der Waals surface area contributed by atoms with Gasteiger partial charge in [0, 0.05) is 50.6 Å². The van der Waals surface area contributed by atoms with E-state index < -0.39 is 5.92 Å². The van der Waals surface area contributed by atoms with Crippen LogP contribution in [0.4, 0.5) is 0 Å². The first-order valence-electron chi connectivity index (χ1n) is 11.2. The predicted molar refractivity (Wildman–Crippen MR) is 130 cm³/mol. The molecule has 0 bridgehead atoms. The van der Waals surface area contributed by atoms with E-state index in [1.807, 2.05) is 12.1 Å². The summed E-state index contributed by atoms with van der Waals surface area (Å²) in [7, 11) is 1.56. The van der Waals surface area contributed by atoms with E-state index in [1.54, 1.807) is 13.1 Å². The van der Waals surface area contributed by atoms with E-state index in [0.717, 1.165) is 28.1 Å². The van der Waals surface area contributed by atoms with E-state index in [1.165, 1.54) is 17.4 Å². The van der Waals surface area contributed by atoms with Crippen molar-refractivity contribution < 1.29 is 19.1 Å². The first kappa shape index (κ1) is 25.3. The number of halogens is 1. The Balaban J connectivity index is 1.76. The fourth-order valence-electron chi connectivity index (χ4n) is 4.07. The van der Waals surface area contributed by atoms with E-state index in [9.17, 15) is 14.4 Å². The van der Waals surface area contributed by atoms with Crippen LogP contribution < -0.4 is 10.6 Å². The fraction of sp³-hybridized carbons (Fsp3) is 0.500. The molecule has 1 aromatic carbocycles. The van der Waals surface area contributed by atoms with Crippen LogP contribution in [0.1, 0.15) is 37.1 Å². The topological polar surface area (TPSA) is 97.4 Å². The molecular weight excluding hydrogens is 462 g/mol. The van der Waals surface area contributed by atoms with E-state index in [0.29, 0.717) is 37.5 Å². The Morgan fingerprint density at radius 3 is 2.79 bits per heavy atom. The molecule has 9 heteroatoms. The number of ether oxygens (including phenoxy) is 1. The lowest BCUT2D eigenvalue weighted by Gasteiger charge is -2.32. The lowest BCUT2D eigenvalue weighted by atomic mass is 9.87. The van der Waals surface area contributed by atoms with Crippen molar-refractivity contribution in [2.75, 3.05) is 20.3 Å². The van der Waals surface area contributed by atoms with Gasteiger partial charge in [-0.15, -0.1) is 11.3 Å². The maximum absolute atomic E-state index is 13.4. The number of aromatic nitrogens is 1. The van der Waals surface area contributed by atoms with Gasteiger partial charge in [-0.05, 0) is 49.5 Å². The highest BCUT2D eigenvalue weighted by Crippen LogP contribution is 2.28. The van der Waals surface area contributed by atoms with Crippen molar-refractivity contribution >= 4 is 50.8 Å². The van der Waals surface area contributed by atoms with Gasteiger partial charge in [0.15, 0.2) is 5.78 Å². The summed E-state index contributed by atoms with van der Waals surface area (Å²) in [6.45, 7) is 4.82. The van der Waals surface area contributed by atoms with Gasteiger partial charge >= 0.3 is 0 Å². The molecule has 3 rings (SSSR count). The lowest BCUT2D eigenvalue weighted by molar-refractivity contribution is -0.131. The number of hydrogen-bond donors (Lipinski definition) is 2. The number of amides is 2. The maximum atomic E-state index is 13.4. The van der Waals surface area contributed by atoms with Crippen molar-refractivity contribution in [1.29, 1.82) is 0 Å². The Hall–Kier alpha value is -2.29. The highest BCUT2D eigenvalue weighted by atomic mass is 35.5. The Morgan fingerprint density at radius 2 is 2.09 bits per heavy atom. The Morgan fingerprint density at radius 1 is 1.33 bits per heavy atom. The molecule has 1 aliphatic heterocycles. The molecule has 2 amide bonds. The Kier molecular flexibility index (Phi) is 9.41. The van der Waals surface area contributed by atoms with Crippen LogP contribution in [-0.2, 0) is 25.5 Å². The average molecular weight is 492 g/mol. The van der Waals surface area contributed by atoms with Crippen molar-refractivity contribution in [1.82, 2.24) is 15.6 Å². The van der Waals surface area contributed by atoms with Crippen LogP contribution in [0.15, 0.2) is 30.9 Å². The lowest BCUT2D eigenvalue weighted by Crippen LogP contribution is -2.46. The largest absolute Gasteiger partial charge is 0.381 e. The molecule has 33 heavy (non-hydrogen) atoms. The minimum Gasteiger partial charge on any atom is -0.381 e. The Bertz CT molecular complexity index is 1000. The minimum atomic E-state index is -0.571. The number of hydrogen-bond acceptors (Lipinski definition) is 6. The van der Waals surface area contributed by atoms with Crippen LogP contribution in [-0.4, -0.2) is 48.9 Å². The summed E-state index contributed by atoms with van der Waals surface area (Å²) in [5.41, 5.74) is 0.821. The molecule has 1 aromatic heterocycles. The summed E-state index contributed by atoms with van der Waals surface area (Å²) in [5.74, 6) is -0.789. The van der Waals surface area contributed by atoms with Crippen molar-refractivity contribution in [2.45, 2.75) is 44.6 Å². The van der Waals surface area contributed by atoms with Crippen molar-refractivity contribution in [2.24, 2.45) is 11.8 Å². The number of carbonyl (C=O) groups excluding carboxylic acids is 3. The monoisotopic (exact) mass is 491 g/mol. The fourth-order valence-corrected chi connectivity index (χ4v) is 5.40. The molecule has 0 aliphatic carbocycles. The van der Waals surface area contributed by atoms with Crippen molar-refractivity contribution in [3.8, 4) is 0 Å². The summed E-state index contributed by atoms with van der Waals surface area (Å²) in [6.07, 6.45) is 4.24. The van der Waals surface area contributed by atoms with E-state index in [4.69, 9.17) is 16.3 Å². The zero-order chi connectivity index (χ0) is 23.8. The molecule has 2 N–H and O–H groups in total. The zero-order valence-electron chi connectivity index (χ0n) is 18.8. The van der Waals surface area contributed by atoms with Gasteiger partial charge in [-0.25, -0.2) is 4.98 Å². The summed E-state index contributed by atoms with van der Waals surface area (Å²) in [5, 5.41) is 7.17.